The zero-order chi connectivity index (χ0) is 5.54. The summed E-state index contributed by atoms with van der Waals surface area (Å²) < 4.78 is 0. The minimum absolute atomic E-state index is 0. The van der Waals surface area contributed by atoms with Crippen LogP contribution in [0.2, 0.25) is 0 Å². The van der Waals surface area contributed by atoms with Crippen molar-refractivity contribution >= 4 is 0 Å². The largest absolute Gasteiger partial charge is 0.0654 e. The monoisotopic (exact) mass is 116 g/mol. The molecule has 0 aromatic rings. The van der Waals surface area contributed by atoms with Crippen LogP contribution in [-0.2, 0) is 5.48 Å². The van der Waals surface area contributed by atoms with E-state index in [1.165, 1.54) is 32.1 Å². The van der Waals surface area contributed by atoms with Gasteiger partial charge in [0.05, 0.1) is 0 Å². The van der Waals surface area contributed by atoms with Crippen LogP contribution in [0.1, 0.15) is 46.0 Å². The van der Waals surface area contributed by atoms with Crippen molar-refractivity contribution < 1.29 is 5.48 Å². The molecule has 0 saturated carbocycles. The average Bonchev–Trinajstić information content (AvgIpc) is 1.69. The van der Waals surface area contributed by atoms with Crippen molar-refractivity contribution in [3.8, 4) is 0 Å². The molecule has 0 amide bonds. The number of unbranched alkanes of at least 4 members (excludes halogenated alkanes) is 4. The van der Waals surface area contributed by atoms with Gasteiger partial charge in [-0.25, -0.2) is 0 Å². The van der Waals surface area contributed by atoms with Gasteiger partial charge in [0.25, 0.3) is 0 Å². The Morgan fingerprint density at radius 1 is 0.750 bits per heavy atom. The zero-order valence-corrected chi connectivity index (χ0v) is 5.94. The van der Waals surface area contributed by atoms with Gasteiger partial charge in [-0.15, -0.1) is 0 Å². The molecule has 0 fully saturated rings. The van der Waals surface area contributed by atoms with E-state index < -0.39 is 0 Å². The van der Waals surface area contributed by atoms with Gasteiger partial charge in [-0.1, -0.05) is 46.0 Å². The Kier molecular flexibility index (Phi) is 13.6. The molecule has 8 heavy (non-hydrogen) atoms. The Morgan fingerprint density at radius 3 is 1.38 bits per heavy atom. The van der Waals surface area contributed by atoms with Crippen LogP contribution in [0.15, 0.2) is 0 Å². The maximum atomic E-state index is 2.25. The van der Waals surface area contributed by atoms with Crippen LogP contribution >= 0.6 is 0 Å². The van der Waals surface area contributed by atoms with Crippen LogP contribution in [0.25, 0.3) is 0 Å². The van der Waals surface area contributed by atoms with Crippen molar-refractivity contribution in [2.24, 2.45) is 0 Å². The molecule has 0 N–H and O–H groups in total. The van der Waals surface area contributed by atoms with Gasteiger partial charge in [0.1, 0.15) is 0 Å². The first-order chi connectivity index (χ1) is 3.41. The van der Waals surface area contributed by atoms with Gasteiger partial charge < -0.3 is 0 Å². The van der Waals surface area contributed by atoms with Crippen LogP contribution in [0, 0.1) is 0 Å². The minimum atomic E-state index is 0. The Labute approximate surface area is 52.4 Å². The van der Waals surface area contributed by atoms with Crippen molar-refractivity contribution in [1.29, 1.82) is 0 Å². The van der Waals surface area contributed by atoms with Crippen molar-refractivity contribution in [2.45, 2.75) is 46.0 Å². The number of hydrogen-bond acceptors (Lipinski definition) is 0. The summed E-state index contributed by atoms with van der Waals surface area (Å²) in [4.78, 5) is 0. The molecule has 1 heteroatoms. The Balaban J connectivity index is 0. The van der Waals surface area contributed by atoms with Gasteiger partial charge in [-0.2, -0.15) is 0 Å². The molecule has 0 aliphatic rings. The topological polar surface area (TPSA) is 28.5 Å². The molecule has 0 heterocycles. The van der Waals surface area contributed by atoms with E-state index in [1.54, 1.807) is 0 Å². The summed E-state index contributed by atoms with van der Waals surface area (Å²) in [6, 6.07) is 0. The van der Waals surface area contributed by atoms with E-state index >= 15 is 0 Å². The Hall–Kier alpha value is -0.0400. The summed E-state index contributed by atoms with van der Waals surface area (Å²) in [5.41, 5.74) is 0. The first-order valence-electron chi connectivity index (χ1n) is 3.41. The van der Waals surface area contributed by atoms with Crippen molar-refractivity contribution in [2.75, 3.05) is 0 Å². The van der Waals surface area contributed by atoms with Crippen LogP contribution in [-0.4, -0.2) is 0 Å². The predicted molar refractivity (Wildman–Crippen MR) is 35.1 cm³/mol. The zero-order valence-electron chi connectivity index (χ0n) is 5.94. The highest BCUT2D eigenvalue weighted by atomic mass is 16.0. The van der Waals surface area contributed by atoms with Crippen LogP contribution in [0.5, 0.6) is 0 Å². The summed E-state index contributed by atoms with van der Waals surface area (Å²) in [7, 11) is 0. The molecule has 0 spiro atoms. The van der Waals surface area contributed by atoms with Gasteiger partial charge in [0.15, 0.2) is 0 Å². The summed E-state index contributed by atoms with van der Waals surface area (Å²) in [6.07, 6.45) is 7.01. The van der Waals surface area contributed by atoms with Crippen molar-refractivity contribution in [1.82, 2.24) is 0 Å². The molecular formula is C7H16O. The van der Waals surface area contributed by atoms with Crippen LogP contribution < -0.4 is 0 Å². The second kappa shape index (κ2) is 10.0. The van der Waals surface area contributed by atoms with E-state index in [0.717, 1.165) is 0 Å². The predicted octanol–water partition coefficient (Wildman–Crippen LogP) is 2.86. The normalized spacial score (nSPS) is 8.25. The molecule has 0 aliphatic heterocycles. The van der Waals surface area contributed by atoms with Crippen LogP contribution in [0.3, 0.4) is 0 Å². The van der Waals surface area contributed by atoms with Crippen molar-refractivity contribution in [3.05, 3.63) is 0 Å². The minimum Gasteiger partial charge on any atom is -0.0654 e. The first kappa shape index (κ1) is 10.9. The summed E-state index contributed by atoms with van der Waals surface area (Å²) in [6.45, 7) is 4.49. The molecule has 50 valence electrons. The molecule has 0 aliphatic carbocycles. The third kappa shape index (κ3) is 9.35. The first-order valence-corrected chi connectivity index (χ1v) is 3.41. The van der Waals surface area contributed by atoms with Gasteiger partial charge in [0.2, 0.25) is 0 Å². The number of hydrogen-bond donors (Lipinski definition) is 0. The summed E-state index contributed by atoms with van der Waals surface area (Å²) in [5.74, 6) is 0. The summed E-state index contributed by atoms with van der Waals surface area (Å²) in [5, 5.41) is 0. The third-order valence-electron chi connectivity index (χ3n) is 1.21. The highest BCUT2D eigenvalue weighted by Crippen LogP contribution is 2.00. The van der Waals surface area contributed by atoms with Gasteiger partial charge in [0, 0.05) is 5.48 Å². The molecule has 2 radical (unpaired) electrons. The molecule has 1 nitrogen and oxygen atoms in total. The standard InChI is InChI=1S/C7H16.O/c1-3-5-7-6-4-2;/h3-7H2,1-2H3;. The second-order valence-corrected chi connectivity index (χ2v) is 2.06. The van der Waals surface area contributed by atoms with E-state index in [1.807, 2.05) is 0 Å². The SMILES string of the molecule is CCCCCCC.[O]. The van der Waals surface area contributed by atoms with Gasteiger partial charge >= 0.3 is 0 Å². The molecule has 0 atom stereocenters. The lowest BCUT2D eigenvalue weighted by Crippen LogP contribution is -1.70. The molecule has 0 rings (SSSR count). The molecule has 0 bridgehead atoms. The lowest BCUT2D eigenvalue weighted by atomic mass is 10.2. The highest BCUT2D eigenvalue weighted by Gasteiger charge is 1.80. The maximum absolute atomic E-state index is 2.25. The quantitative estimate of drug-likeness (QED) is 0.505. The lowest BCUT2D eigenvalue weighted by molar-refractivity contribution is 0.656. The molecule has 0 aromatic carbocycles. The second-order valence-electron chi connectivity index (χ2n) is 2.06. The third-order valence-corrected chi connectivity index (χ3v) is 1.21. The van der Waals surface area contributed by atoms with Gasteiger partial charge in [-0.05, 0) is 0 Å². The van der Waals surface area contributed by atoms with Gasteiger partial charge in [-0.3, -0.25) is 0 Å². The van der Waals surface area contributed by atoms with Crippen molar-refractivity contribution in [3.63, 3.8) is 0 Å². The van der Waals surface area contributed by atoms with Crippen LogP contribution in [0.4, 0.5) is 0 Å². The fraction of sp³-hybridized carbons (Fsp3) is 1.00. The molecule has 0 saturated heterocycles. The number of rotatable bonds is 4. The fourth-order valence-corrected chi connectivity index (χ4v) is 0.677. The average molecular weight is 116 g/mol. The Bertz CT molecular complexity index is 23.6. The molecular weight excluding hydrogens is 100 g/mol. The van der Waals surface area contributed by atoms with E-state index in [0.29, 0.717) is 0 Å². The van der Waals surface area contributed by atoms with E-state index in [9.17, 15) is 0 Å². The molecule has 0 aromatic heterocycles. The lowest BCUT2D eigenvalue weighted by Gasteiger charge is -1.90. The van der Waals surface area contributed by atoms with E-state index in [4.69, 9.17) is 0 Å². The Morgan fingerprint density at radius 2 is 1.12 bits per heavy atom. The van der Waals surface area contributed by atoms with E-state index in [2.05, 4.69) is 13.8 Å². The fourth-order valence-electron chi connectivity index (χ4n) is 0.677. The highest BCUT2D eigenvalue weighted by molar-refractivity contribution is 4.35. The maximum Gasteiger partial charge on any atom is 0 e. The smallest absolute Gasteiger partial charge is 0 e. The molecule has 0 unspecified atom stereocenters. The summed E-state index contributed by atoms with van der Waals surface area (Å²) >= 11 is 0. The van der Waals surface area contributed by atoms with E-state index in [-0.39, 0.29) is 5.48 Å².